The molecule has 69 heavy (non-hydrogen) atoms. The van der Waals surface area contributed by atoms with Crippen LogP contribution in [0.2, 0.25) is 30.1 Å². The summed E-state index contributed by atoms with van der Waals surface area (Å²) in [5, 5.41) is 7.25. The van der Waals surface area contributed by atoms with Crippen LogP contribution in [0.4, 0.5) is 64.1 Å². The minimum absolute atomic E-state index is 0.200. The number of benzene rings is 4. The van der Waals surface area contributed by atoms with E-state index in [9.17, 15) is 67.1 Å². The van der Waals surface area contributed by atoms with E-state index in [-0.39, 0.29) is 54.2 Å². The number of carbonyl (C=O) groups excluding carboxylic acids is 3. The Hall–Kier alpha value is -4.32. The van der Waals surface area contributed by atoms with Crippen molar-refractivity contribution in [1.82, 2.24) is 0 Å². The fraction of sp³-hybridized carbons (Fsp3) is 0.364. The summed E-state index contributed by atoms with van der Waals surface area (Å²) in [4.78, 5) is 39.6. The van der Waals surface area contributed by atoms with E-state index in [4.69, 9.17) is 79.6 Å². The monoisotopic (exact) mass is 1100 g/mol. The van der Waals surface area contributed by atoms with E-state index in [1.54, 1.807) is 20.8 Å². The van der Waals surface area contributed by atoms with Crippen molar-refractivity contribution in [3.63, 3.8) is 0 Å². The smallest absolute Gasteiger partial charge is 0.417 e. The molecule has 2 saturated heterocycles. The largest absolute Gasteiger partial charge is 0.460 e. The first kappa shape index (κ1) is 55.6. The maximum Gasteiger partial charge on any atom is 0.417 e. The van der Waals surface area contributed by atoms with Crippen molar-refractivity contribution in [3.05, 3.63) is 124 Å². The number of hydrogen-bond acceptors (Lipinski definition) is 5. The average Bonchev–Trinajstić information content (AvgIpc) is 3.77. The van der Waals surface area contributed by atoms with Gasteiger partial charge in [0.05, 0.1) is 52.9 Å². The van der Waals surface area contributed by atoms with E-state index in [0.29, 0.717) is 21.9 Å². The lowest BCUT2D eigenvalue weighted by molar-refractivity contribution is -0.191. The molecule has 2 amide bonds. The van der Waals surface area contributed by atoms with Crippen LogP contribution in [-0.2, 0) is 48.7 Å². The summed E-state index contributed by atoms with van der Waals surface area (Å²) in [7, 11) is 0. The fourth-order valence-corrected chi connectivity index (χ4v) is 8.99. The molecule has 2 aliphatic rings. The van der Waals surface area contributed by atoms with Crippen LogP contribution in [0.15, 0.2) is 60.7 Å². The van der Waals surface area contributed by atoms with Crippen LogP contribution < -0.4 is 9.80 Å². The van der Waals surface area contributed by atoms with Crippen molar-refractivity contribution in [2.45, 2.75) is 87.6 Å². The molecule has 6 rings (SSSR count). The van der Waals surface area contributed by atoms with Gasteiger partial charge in [-0.1, -0.05) is 75.7 Å². The Bertz CT molecular complexity index is 2690. The Morgan fingerprint density at radius 3 is 1.35 bits per heavy atom. The molecule has 0 spiro atoms. The van der Waals surface area contributed by atoms with Gasteiger partial charge in [0.15, 0.2) is 10.8 Å². The third kappa shape index (κ3) is 11.1. The Morgan fingerprint density at radius 1 is 0.623 bits per heavy atom. The van der Waals surface area contributed by atoms with Crippen molar-refractivity contribution in [1.29, 1.82) is 5.26 Å². The summed E-state index contributed by atoms with van der Waals surface area (Å²) in [5.74, 6) is -3.68. The summed E-state index contributed by atoms with van der Waals surface area (Å²) < 4.78 is 173. The first-order valence-electron chi connectivity index (χ1n) is 19.6. The Balaban J connectivity index is 0.000000263. The second-order valence-corrected chi connectivity index (χ2v) is 18.9. The van der Waals surface area contributed by atoms with Crippen LogP contribution >= 0.6 is 69.6 Å². The number of carbonyl (C=O) groups is 3. The van der Waals surface area contributed by atoms with E-state index < -0.39 is 118 Å². The minimum atomic E-state index is -5.13. The third-order valence-corrected chi connectivity index (χ3v) is 13.4. The van der Waals surface area contributed by atoms with Gasteiger partial charge in [-0.15, -0.1) is 0 Å². The Kier molecular flexibility index (Phi) is 15.9. The van der Waals surface area contributed by atoms with Crippen LogP contribution in [-0.4, -0.2) is 48.8 Å². The van der Waals surface area contributed by atoms with Crippen LogP contribution in [0, 0.1) is 11.3 Å². The van der Waals surface area contributed by atoms with E-state index in [2.05, 4.69) is 0 Å². The molecule has 0 saturated carbocycles. The summed E-state index contributed by atoms with van der Waals surface area (Å²) in [6, 6.07) is 9.89. The maximum atomic E-state index is 14.4. The van der Waals surface area contributed by atoms with Gasteiger partial charge < -0.3 is 14.5 Å². The SMILES string of the molecule is CC(C)(C)OC(=O)CCc1ccc(N2CCC(c3cc(Cl)c(Cl)c(Cl)c3)(C(F)(F)F)C2=O)cc1C(F)(F)F.N#Cc1ccc(N2CCC(c3cc(Cl)c(Cl)c(Cl)c3)(C(F)(F)F)C2=O)cc1C(F)(F)F. The zero-order valence-electron chi connectivity index (χ0n) is 35.3. The number of anilines is 2. The van der Waals surface area contributed by atoms with Gasteiger partial charge in [0, 0.05) is 30.9 Å². The van der Waals surface area contributed by atoms with Gasteiger partial charge >= 0.3 is 30.7 Å². The molecule has 0 N–H and O–H groups in total. The van der Waals surface area contributed by atoms with Crippen LogP contribution in [0.3, 0.4) is 0 Å². The number of ether oxygens (including phenoxy) is 1. The van der Waals surface area contributed by atoms with Crippen molar-refractivity contribution < 1.29 is 71.8 Å². The van der Waals surface area contributed by atoms with E-state index >= 15 is 0 Å². The number of amides is 2. The molecular formula is C44H31Cl6F12N3O4. The average molecular weight is 1110 g/mol. The number of alkyl halides is 12. The topological polar surface area (TPSA) is 90.7 Å². The van der Waals surface area contributed by atoms with Gasteiger partial charge in [-0.25, -0.2) is 0 Å². The molecule has 2 heterocycles. The highest BCUT2D eigenvalue weighted by atomic mass is 35.5. The second kappa shape index (κ2) is 19.7. The molecule has 4 aromatic rings. The number of nitrogens with zero attached hydrogens (tertiary/aromatic N) is 3. The van der Waals surface area contributed by atoms with E-state index in [1.807, 2.05) is 0 Å². The third-order valence-electron chi connectivity index (χ3n) is 11.0. The van der Waals surface area contributed by atoms with Gasteiger partial charge in [0.25, 0.3) is 0 Å². The molecule has 2 fully saturated rings. The summed E-state index contributed by atoms with van der Waals surface area (Å²) in [5.41, 5.74) is -12.5. The summed E-state index contributed by atoms with van der Waals surface area (Å²) in [6.45, 7) is 3.78. The van der Waals surface area contributed by atoms with E-state index in [1.165, 1.54) is 6.07 Å². The number of rotatable bonds is 7. The van der Waals surface area contributed by atoms with Crippen molar-refractivity contribution >= 4 is 98.8 Å². The predicted molar refractivity (Wildman–Crippen MR) is 234 cm³/mol. The van der Waals surface area contributed by atoms with Crippen LogP contribution in [0.25, 0.3) is 0 Å². The highest BCUT2D eigenvalue weighted by Gasteiger charge is 2.67. The molecule has 372 valence electrons. The molecule has 2 atom stereocenters. The van der Waals surface area contributed by atoms with Gasteiger partial charge in [-0.05, 0) is 111 Å². The summed E-state index contributed by atoms with van der Waals surface area (Å²) >= 11 is 35.2. The molecular weight excluding hydrogens is 1080 g/mol. The number of nitriles is 1. The van der Waals surface area contributed by atoms with Gasteiger partial charge in [-0.3, -0.25) is 14.4 Å². The molecule has 0 bridgehead atoms. The molecule has 25 heteroatoms. The standard InChI is InChI=1S/C25H22Cl3F6NO3.C19H9Cl3F6N2O/c1-22(2,3)38-19(36)7-5-13-4-6-15(12-16(13)24(29,30)31)35-9-8-23(21(35)37,25(32,33)34)14-10-17(26)20(28)18(27)11-14;20-13-5-10(6-14(21)15(13)22)17(19(26,27)28)3-4-30(16(17)31)11-2-1-9(8-29)12(7-11)18(23,24)25/h4,6,10-12H,5,7-9H2,1-3H3;1-2,5-7H,3-4H2. The number of esters is 1. The first-order chi connectivity index (χ1) is 31.5. The van der Waals surface area contributed by atoms with Gasteiger partial charge in [0.2, 0.25) is 11.8 Å². The predicted octanol–water partition coefficient (Wildman–Crippen LogP) is 15.0. The van der Waals surface area contributed by atoms with Crippen molar-refractivity contribution in [3.8, 4) is 6.07 Å². The Morgan fingerprint density at radius 2 is 1.00 bits per heavy atom. The number of hydrogen-bond donors (Lipinski definition) is 0. The normalized spacial score (nSPS) is 19.1. The lowest BCUT2D eigenvalue weighted by Gasteiger charge is -2.31. The lowest BCUT2D eigenvalue weighted by Crippen LogP contribution is -2.49. The second-order valence-electron chi connectivity index (χ2n) is 16.5. The maximum absolute atomic E-state index is 14.4. The molecule has 2 aliphatic heterocycles. The van der Waals surface area contributed by atoms with Crippen molar-refractivity contribution in [2.24, 2.45) is 0 Å². The number of aryl methyl sites for hydroxylation is 1. The Labute approximate surface area is 414 Å². The van der Waals surface area contributed by atoms with E-state index in [0.717, 1.165) is 48.5 Å². The zero-order valence-corrected chi connectivity index (χ0v) is 39.8. The zero-order chi connectivity index (χ0) is 52.2. The first-order valence-corrected chi connectivity index (χ1v) is 21.9. The molecule has 0 aromatic heterocycles. The molecule has 7 nitrogen and oxygen atoms in total. The highest BCUT2D eigenvalue weighted by molar-refractivity contribution is 6.48. The molecule has 0 aliphatic carbocycles. The van der Waals surface area contributed by atoms with Gasteiger partial charge in [-0.2, -0.15) is 57.9 Å². The summed E-state index contributed by atoms with van der Waals surface area (Å²) in [6.07, 6.45) is -22.3. The number of halogens is 18. The van der Waals surface area contributed by atoms with Crippen molar-refractivity contribution in [2.75, 3.05) is 22.9 Å². The quantitative estimate of drug-likeness (QED) is 0.104. The molecule has 2 unspecified atom stereocenters. The molecule has 0 radical (unpaired) electrons. The molecule has 4 aromatic carbocycles. The minimum Gasteiger partial charge on any atom is -0.460 e. The van der Waals surface area contributed by atoms with Gasteiger partial charge in [0.1, 0.15) is 5.60 Å². The highest BCUT2D eigenvalue weighted by Crippen LogP contribution is 2.53. The fourth-order valence-electron chi connectivity index (χ4n) is 7.80. The lowest BCUT2D eigenvalue weighted by atomic mass is 9.78. The van der Waals surface area contributed by atoms with Crippen LogP contribution in [0.1, 0.15) is 73.4 Å². The van der Waals surface area contributed by atoms with Crippen LogP contribution in [0.5, 0.6) is 0 Å².